The van der Waals surface area contributed by atoms with Crippen molar-refractivity contribution in [1.82, 2.24) is 9.78 Å². The average Bonchev–Trinajstić information content (AvgIpc) is 2.98. The predicted molar refractivity (Wildman–Crippen MR) is 64.9 cm³/mol. The second-order valence-electron chi connectivity index (χ2n) is 4.34. The van der Waals surface area contributed by atoms with Crippen molar-refractivity contribution < 1.29 is 0 Å². The molecule has 1 aromatic rings. The third-order valence-electron chi connectivity index (χ3n) is 3.00. The van der Waals surface area contributed by atoms with Gasteiger partial charge in [-0.3, -0.25) is 4.79 Å². The molecule has 88 valence electrons. The fourth-order valence-corrected chi connectivity index (χ4v) is 2.15. The first kappa shape index (κ1) is 11.5. The number of hydrogen-bond acceptors (Lipinski definition) is 3. The lowest BCUT2D eigenvalue weighted by atomic mass is 10.2. The summed E-state index contributed by atoms with van der Waals surface area (Å²) in [4.78, 5) is 11.5. The van der Waals surface area contributed by atoms with Crippen molar-refractivity contribution in [3.63, 3.8) is 0 Å². The van der Waals surface area contributed by atoms with Gasteiger partial charge in [-0.1, -0.05) is 24.9 Å². The van der Waals surface area contributed by atoms with Gasteiger partial charge in [-0.15, -0.1) is 0 Å². The molecule has 0 amide bonds. The van der Waals surface area contributed by atoms with E-state index >= 15 is 0 Å². The van der Waals surface area contributed by atoms with Gasteiger partial charge in [-0.25, -0.2) is 4.68 Å². The Hall–Kier alpha value is -1.03. The molecule has 16 heavy (non-hydrogen) atoms. The van der Waals surface area contributed by atoms with Crippen molar-refractivity contribution in [2.45, 2.75) is 32.2 Å². The molecule has 1 fully saturated rings. The zero-order valence-corrected chi connectivity index (χ0v) is 10.3. The monoisotopic (exact) mass is 241 g/mol. The number of aromatic nitrogens is 2. The molecule has 0 radical (unpaired) electrons. The SMILES string of the molecule is CCCC1CC1Nc1cnn(C)c(=O)c1Cl. The van der Waals surface area contributed by atoms with Gasteiger partial charge in [0.2, 0.25) is 0 Å². The fourth-order valence-electron chi connectivity index (χ4n) is 1.93. The summed E-state index contributed by atoms with van der Waals surface area (Å²) in [6.07, 6.45) is 5.21. The highest BCUT2D eigenvalue weighted by atomic mass is 35.5. The van der Waals surface area contributed by atoms with Crippen LogP contribution in [0.5, 0.6) is 0 Å². The Kier molecular flexibility index (Phi) is 3.19. The first-order valence-corrected chi connectivity index (χ1v) is 5.99. The lowest BCUT2D eigenvalue weighted by Gasteiger charge is -2.07. The van der Waals surface area contributed by atoms with Gasteiger partial charge < -0.3 is 5.32 Å². The molecule has 0 saturated heterocycles. The molecular formula is C11H16ClN3O. The van der Waals surface area contributed by atoms with E-state index in [9.17, 15) is 4.79 Å². The van der Waals surface area contributed by atoms with E-state index in [2.05, 4.69) is 17.3 Å². The van der Waals surface area contributed by atoms with Crippen LogP contribution in [0, 0.1) is 5.92 Å². The van der Waals surface area contributed by atoms with Gasteiger partial charge in [0.1, 0.15) is 5.02 Å². The maximum atomic E-state index is 11.5. The summed E-state index contributed by atoms with van der Waals surface area (Å²) in [5.41, 5.74) is 0.410. The van der Waals surface area contributed by atoms with Crippen molar-refractivity contribution in [1.29, 1.82) is 0 Å². The second kappa shape index (κ2) is 4.45. The van der Waals surface area contributed by atoms with Crippen molar-refractivity contribution in [2.75, 3.05) is 5.32 Å². The summed E-state index contributed by atoms with van der Waals surface area (Å²) >= 11 is 5.96. The second-order valence-corrected chi connectivity index (χ2v) is 4.71. The number of rotatable bonds is 4. The van der Waals surface area contributed by atoms with Crippen molar-refractivity contribution >= 4 is 17.3 Å². The molecule has 1 aliphatic carbocycles. The normalized spacial score (nSPS) is 23.2. The largest absolute Gasteiger partial charge is 0.379 e. The van der Waals surface area contributed by atoms with Gasteiger partial charge in [0.15, 0.2) is 0 Å². The first-order chi connectivity index (χ1) is 7.63. The Morgan fingerprint density at radius 1 is 1.69 bits per heavy atom. The maximum absolute atomic E-state index is 11.5. The zero-order valence-electron chi connectivity index (χ0n) is 9.53. The van der Waals surface area contributed by atoms with Gasteiger partial charge >= 0.3 is 0 Å². The van der Waals surface area contributed by atoms with Crippen LogP contribution < -0.4 is 10.9 Å². The quantitative estimate of drug-likeness (QED) is 0.878. The molecule has 0 aliphatic heterocycles. The number of hydrogen-bond donors (Lipinski definition) is 1. The summed E-state index contributed by atoms with van der Waals surface area (Å²) in [5, 5.41) is 7.46. The molecule has 2 rings (SSSR count). The molecule has 1 aromatic heterocycles. The lowest BCUT2D eigenvalue weighted by molar-refractivity contribution is 0.689. The van der Waals surface area contributed by atoms with E-state index in [1.54, 1.807) is 13.2 Å². The topological polar surface area (TPSA) is 46.9 Å². The fraction of sp³-hybridized carbons (Fsp3) is 0.636. The molecule has 1 heterocycles. The van der Waals surface area contributed by atoms with Crippen LogP contribution in [-0.4, -0.2) is 15.8 Å². The van der Waals surface area contributed by atoms with Crippen LogP contribution in [0.2, 0.25) is 5.02 Å². The van der Waals surface area contributed by atoms with E-state index in [-0.39, 0.29) is 10.6 Å². The van der Waals surface area contributed by atoms with Crippen LogP contribution in [-0.2, 0) is 7.05 Å². The Labute approximate surface area is 99.6 Å². The van der Waals surface area contributed by atoms with Crippen molar-refractivity contribution in [3.05, 3.63) is 21.6 Å². The highest BCUT2D eigenvalue weighted by Crippen LogP contribution is 2.37. The third kappa shape index (κ3) is 2.21. The van der Waals surface area contributed by atoms with E-state index in [1.807, 2.05) is 0 Å². The maximum Gasteiger partial charge on any atom is 0.287 e. The Bertz CT molecular complexity index is 443. The summed E-state index contributed by atoms with van der Waals surface area (Å²) < 4.78 is 1.24. The van der Waals surface area contributed by atoms with Crippen LogP contribution in [0.1, 0.15) is 26.2 Å². The summed E-state index contributed by atoms with van der Waals surface area (Å²) in [6, 6.07) is 0.464. The molecule has 0 bridgehead atoms. The minimum absolute atomic E-state index is 0.236. The molecule has 5 heteroatoms. The average molecular weight is 242 g/mol. The van der Waals surface area contributed by atoms with E-state index in [1.165, 1.54) is 23.9 Å². The van der Waals surface area contributed by atoms with Gasteiger partial charge in [0.25, 0.3) is 5.56 Å². The number of anilines is 1. The van der Waals surface area contributed by atoms with Gasteiger partial charge in [-0.05, 0) is 18.8 Å². The van der Waals surface area contributed by atoms with Gasteiger partial charge in [0.05, 0.1) is 11.9 Å². The smallest absolute Gasteiger partial charge is 0.287 e. The van der Waals surface area contributed by atoms with Crippen LogP contribution in [0.25, 0.3) is 0 Å². The number of nitrogens with zero attached hydrogens (tertiary/aromatic N) is 2. The summed E-state index contributed by atoms with van der Waals surface area (Å²) in [6.45, 7) is 2.18. The van der Waals surface area contributed by atoms with Crippen LogP contribution >= 0.6 is 11.6 Å². The minimum atomic E-state index is -0.251. The molecule has 2 unspecified atom stereocenters. The van der Waals surface area contributed by atoms with Crippen LogP contribution in [0.15, 0.2) is 11.0 Å². The van der Waals surface area contributed by atoms with E-state index < -0.39 is 0 Å². The molecule has 1 N–H and O–H groups in total. The molecule has 0 spiro atoms. The van der Waals surface area contributed by atoms with Gasteiger partial charge in [-0.2, -0.15) is 5.10 Å². The molecule has 1 saturated carbocycles. The number of aryl methyl sites for hydroxylation is 1. The zero-order chi connectivity index (χ0) is 11.7. The highest BCUT2D eigenvalue weighted by Gasteiger charge is 2.36. The highest BCUT2D eigenvalue weighted by molar-refractivity contribution is 6.32. The Morgan fingerprint density at radius 2 is 2.44 bits per heavy atom. The third-order valence-corrected chi connectivity index (χ3v) is 3.37. The van der Waals surface area contributed by atoms with E-state index in [4.69, 9.17) is 11.6 Å². The van der Waals surface area contributed by atoms with Crippen LogP contribution in [0.4, 0.5) is 5.69 Å². The number of nitrogens with one attached hydrogen (secondary N) is 1. The van der Waals surface area contributed by atoms with Crippen LogP contribution in [0.3, 0.4) is 0 Å². The molecular weight excluding hydrogens is 226 g/mol. The number of halogens is 1. The van der Waals surface area contributed by atoms with Crippen molar-refractivity contribution in [2.24, 2.45) is 13.0 Å². The molecule has 1 aliphatic rings. The standard InChI is InChI=1S/C11H16ClN3O/c1-3-4-7-5-8(7)14-9-6-13-15(2)11(16)10(9)12/h6-8,14H,3-5H2,1-2H3. The Morgan fingerprint density at radius 3 is 3.12 bits per heavy atom. The minimum Gasteiger partial charge on any atom is -0.379 e. The summed E-state index contributed by atoms with van der Waals surface area (Å²) in [7, 11) is 1.59. The first-order valence-electron chi connectivity index (χ1n) is 5.61. The Balaban J connectivity index is 2.06. The molecule has 4 nitrogen and oxygen atoms in total. The van der Waals surface area contributed by atoms with E-state index in [0.29, 0.717) is 11.7 Å². The van der Waals surface area contributed by atoms with Crippen molar-refractivity contribution in [3.8, 4) is 0 Å². The predicted octanol–water partition coefficient (Wildman–Crippen LogP) is 2.03. The lowest BCUT2D eigenvalue weighted by Crippen LogP contribution is -2.21. The summed E-state index contributed by atoms with van der Waals surface area (Å²) in [5.74, 6) is 0.727. The van der Waals surface area contributed by atoms with E-state index in [0.717, 1.165) is 5.92 Å². The molecule has 0 aromatic carbocycles. The molecule has 2 atom stereocenters. The van der Waals surface area contributed by atoms with Gasteiger partial charge in [0, 0.05) is 13.1 Å².